The van der Waals surface area contributed by atoms with Crippen LogP contribution in [-0.2, 0) is 6.42 Å². The maximum Gasteiger partial charge on any atom is 0.126 e. The third-order valence-electron chi connectivity index (χ3n) is 1.81. The van der Waals surface area contributed by atoms with Crippen LogP contribution in [0, 0.1) is 5.82 Å². The summed E-state index contributed by atoms with van der Waals surface area (Å²) in [5, 5.41) is 0. The smallest absolute Gasteiger partial charge is 0.126 e. The Labute approximate surface area is 90.0 Å². The van der Waals surface area contributed by atoms with E-state index in [2.05, 4.69) is 4.99 Å². The SMILES string of the molecule is CC(C)(C)N=C(N)Cc1ccccc1F. The van der Waals surface area contributed by atoms with Crippen LogP contribution < -0.4 is 5.73 Å². The molecule has 2 N–H and O–H groups in total. The molecule has 0 amide bonds. The zero-order valence-corrected chi connectivity index (χ0v) is 9.42. The van der Waals surface area contributed by atoms with Gasteiger partial charge in [-0.15, -0.1) is 0 Å². The molecule has 1 aromatic rings. The standard InChI is InChI=1S/C12H17FN2/c1-12(2,3)15-11(14)8-9-6-4-5-7-10(9)13/h4-7H,8H2,1-3H3,(H2,14,15). The van der Waals surface area contributed by atoms with E-state index in [0.29, 0.717) is 17.8 Å². The first-order valence-corrected chi connectivity index (χ1v) is 4.96. The molecule has 2 nitrogen and oxygen atoms in total. The number of nitrogens with two attached hydrogens (primary N) is 1. The van der Waals surface area contributed by atoms with Crippen molar-refractivity contribution in [3.63, 3.8) is 0 Å². The average molecular weight is 208 g/mol. The van der Waals surface area contributed by atoms with E-state index in [1.54, 1.807) is 18.2 Å². The lowest BCUT2D eigenvalue weighted by Crippen LogP contribution is -2.22. The fourth-order valence-electron chi connectivity index (χ4n) is 1.31. The first-order chi connectivity index (χ1) is 6.88. The van der Waals surface area contributed by atoms with Crippen LogP contribution in [0.3, 0.4) is 0 Å². The lowest BCUT2D eigenvalue weighted by atomic mass is 10.1. The van der Waals surface area contributed by atoms with Crippen LogP contribution in [0.5, 0.6) is 0 Å². The first kappa shape index (κ1) is 11.7. The molecule has 0 saturated heterocycles. The van der Waals surface area contributed by atoms with Gasteiger partial charge in [0.2, 0.25) is 0 Å². The molecular weight excluding hydrogens is 191 g/mol. The highest BCUT2D eigenvalue weighted by Crippen LogP contribution is 2.10. The Hall–Kier alpha value is -1.38. The number of benzene rings is 1. The number of rotatable bonds is 2. The normalized spacial score (nSPS) is 12.9. The molecule has 0 radical (unpaired) electrons. The fourth-order valence-corrected chi connectivity index (χ4v) is 1.31. The highest BCUT2D eigenvalue weighted by molar-refractivity contribution is 5.83. The van der Waals surface area contributed by atoms with Gasteiger partial charge in [-0.05, 0) is 32.4 Å². The molecule has 15 heavy (non-hydrogen) atoms. The van der Waals surface area contributed by atoms with Gasteiger partial charge in [0.1, 0.15) is 5.82 Å². The zero-order valence-electron chi connectivity index (χ0n) is 9.42. The summed E-state index contributed by atoms with van der Waals surface area (Å²) in [6, 6.07) is 6.61. The van der Waals surface area contributed by atoms with Crippen molar-refractivity contribution in [2.45, 2.75) is 32.7 Å². The van der Waals surface area contributed by atoms with E-state index in [-0.39, 0.29) is 11.4 Å². The molecule has 1 rings (SSSR count). The Bertz CT molecular complexity index is 364. The molecule has 82 valence electrons. The van der Waals surface area contributed by atoms with Crippen molar-refractivity contribution in [2.24, 2.45) is 10.7 Å². The van der Waals surface area contributed by atoms with Gasteiger partial charge in [0.15, 0.2) is 0 Å². The van der Waals surface area contributed by atoms with E-state index < -0.39 is 0 Å². The number of amidine groups is 1. The summed E-state index contributed by atoms with van der Waals surface area (Å²) in [6.07, 6.45) is 0.365. The van der Waals surface area contributed by atoms with Gasteiger partial charge in [-0.25, -0.2) is 4.39 Å². The van der Waals surface area contributed by atoms with Crippen LogP contribution in [0.15, 0.2) is 29.3 Å². The Kier molecular flexibility index (Phi) is 3.45. The van der Waals surface area contributed by atoms with Crippen molar-refractivity contribution in [3.8, 4) is 0 Å². The van der Waals surface area contributed by atoms with Gasteiger partial charge in [-0.3, -0.25) is 4.99 Å². The monoisotopic (exact) mass is 208 g/mol. The summed E-state index contributed by atoms with van der Waals surface area (Å²) >= 11 is 0. The Morgan fingerprint density at radius 1 is 1.33 bits per heavy atom. The second-order valence-electron chi connectivity index (χ2n) is 4.54. The van der Waals surface area contributed by atoms with Crippen molar-refractivity contribution < 1.29 is 4.39 Å². The van der Waals surface area contributed by atoms with Crippen LogP contribution in [0.25, 0.3) is 0 Å². The lowest BCUT2D eigenvalue weighted by molar-refractivity contribution is 0.580. The largest absolute Gasteiger partial charge is 0.387 e. The molecule has 1 aromatic carbocycles. The zero-order chi connectivity index (χ0) is 11.5. The summed E-state index contributed by atoms with van der Waals surface area (Å²) < 4.78 is 13.3. The average Bonchev–Trinajstić information content (AvgIpc) is 2.05. The highest BCUT2D eigenvalue weighted by atomic mass is 19.1. The predicted molar refractivity (Wildman–Crippen MR) is 61.5 cm³/mol. The quantitative estimate of drug-likeness (QED) is 0.588. The molecule has 0 atom stereocenters. The van der Waals surface area contributed by atoms with Gasteiger partial charge >= 0.3 is 0 Å². The van der Waals surface area contributed by atoms with E-state index in [0.717, 1.165) is 0 Å². The molecule has 0 aliphatic carbocycles. The molecule has 0 spiro atoms. The van der Waals surface area contributed by atoms with Gasteiger partial charge in [-0.1, -0.05) is 18.2 Å². The summed E-state index contributed by atoms with van der Waals surface area (Å²) in [6.45, 7) is 5.88. The van der Waals surface area contributed by atoms with Crippen molar-refractivity contribution in [3.05, 3.63) is 35.6 Å². The molecule has 3 heteroatoms. The second kappa shape index (κ2) is 4.43. The lowest BCUT2D eigenvalue weighted by Gasteiger charge is -2.13. The molecule has 0 aliphatic heterocycles. The molecule has 0 fully saturated rings. The Balaban J connectivity index is 2.79. The Morgan fingerprint density at radius 2 is 1.93 bits per heavy atom. The van der Waals surface area contributed by atoms with E-state index >= 15 is 0 Å². The van der Waals surface area contributed by atoms with Crippen molar-refractivity contribution in [1.82, 2.24) is 0 Å². The summed E-state index contributed by atoms with van der Waals surface area (Å²) in [5.41, 5.74) is 6.12. The van der Waals surface area contributed by atoms with E-state index in [4.69, 9.17) is 5.73 Å². The van der Waals surface area contributed by atoms with E-state index in [1.807, 2.05) is 20.8 Å². The van der Waals surface area contributed by atoms with Crippen LogP contribution in [-0.4, -0.2) is 11.4 Å². The summed E-state index contributed by atoms with van der Waals surface area (Å²) in [7, 11) is 0. The minimum atomic E-state index is -0.232. The van der Waals surface area contributed by atoms with Crippen molar-refractivity contribution in [1.29, 1.82) is 0 Å². The topological polar surface area (TPSA) is 38.4 Å². The Morgan fingerprint density at radius 3 is 2.47 bits per heavy atom. The van der Waals surface area contributed by atoms with Crippen LogP contribution in [0.2, 0.25) is 0 Å². The van der Waals surface area contributed by atoms with E-state index in [9.17, 15) is 4.39 Å². The van der Waals surface area contributed by atoms with Crippen LogP contribution in [0.1, 0.15) is 26.3 Å². The number of aliphatic imine (C=N–C) groups is 1. The minimum absolute atomic E-state index is 0.213. The summed E-state index contributed by atoms with van der Waals surface area (Å²) in [4.78, 5) is 4.27. The number of hydrogen-bond acceptors (Lipinski definition) is 1. The van der Waals surface area contributed by atoms with Gasteiger partial charge in [-0.2, -0.15) is 0 Å². The molecule has 0 saturated carbocycles. The number of hydrogen-bond donors (Lipinski definition) is 1. The van der Waals surface area contributed by atoms with Gasteiger partial charge in [0.05, 0.1) is 11.4 Å². The van der Waals surface area contributed by atoms with Crippen LogP contribution >= 0.6 is 0 Å². The minimum Gasteiger partial charge on any atom is -0.387 e. The molecule has 0 aliphatic rings. The maximum atomic E-state index is 13.3. The third kappa shape index (κ3) is 4.11. The summed E-state index contributed by atoms with van der Waals surface area (Å²) in [5.74, 6) is 0.233. The third-order valence-corrected chi connectivity index (χ3v) is 1.81. The number of halogens is 1. The maximum absolute atomic E-state index is 13.3. The fraction of sp³-hybridized carbons (Fsp3) is 0.417. The van der Waals surface area contributed by atoms with Gasteiger partial charge in [0.25, 0.3) is 0 Å². The van der Waals surface area contributed by atoms with Crippen molar-refractivity contribution in [2.75, 3.05) is 0 Å². The van der Waals surface area contributed by atoms with Gasteiger partial charge in [0, 0.05) is 6.42 Å². The first-order valence-electron chi connectivity index (χ1n) is 4.96. The number of nitrogens with zero attached hydrogens (tertiary/aromatic N) is 1. The predicted octanol–water partition coefficient (Wildman–Crippen LogP) is 2.52. The molecule has 0 unspecified atom stereocenters. The van der Waals surface area contributed by atoms with Gasteiger partial charge < -0.3 is 5.73 Å². The second-order valence-corrected chi connectivity index (χ2v) is 4.54. The molecule has 0 aromatic heterocycles. The van der Waals surface area contributed by atoms with Crippen LogP contribution in [0.4, 0.5) is 4.39 Å². The van der Waals surface area contributed by atoms with Crippen molar-refractivity contribution >= 4 is 5.84 Å². The molecule has 0 bridgehead atoms. The molecule has 0 heterocycles. The van der Waals surface area contributed by atoms with E-state index in [1.165, 1.54) is 6.07 Å². The molecular formula is C12H17FN2. The highest BCUT2D eigenvalue weighted by Gasteiger charge is 2.09.